The molecule has 3 nitrogen and oxygen atoms in total. The monoisotopic (exact) mass is 307 g/mol. The minimum Gasteiger partial charge on any atom is -0.314 e. The highest BCUT2D eigenvalue weighted by Crippen LogP contribution is 2.25. The molecule has 0 atom stereocenters. The van der Waals surface area contributed by atoms with Crippen LogP contribution in [0.25, 0.3) is 0 Å². The highest BCUT2D eigenvalue weighted by Gasteiger charge is 2.20. The van der Waals surface area contributed by atoms with Crippen molar-refractivity contribution in [2.24, 2.45) is 0 Å². The summed E-state index contributed by atoms with van der Waals surface area (Å²) in [6, 6.07) is 5.03. The Labute approximate surface area is 117 Å². The lowest BCUT2D eigenvalue weighted by atomic mass is 10.4. The number of benzene rings is 1. The van der Waals surface area contributed by atoms with Crippen molar-refractivity contribution in [1.29, 1.82) is 0 Å². The molecule has 1 saturated carbocycles. The van der Waals surface area contributed by atoms with Crippen LogP contribution in [0, 0.1) is 0 Å². The minimum atomic E-state index is -3.26. The van der Waals surface area contributed by atoms with Gasteiger partial charge >= 0.3 is 0 Å². The molecule has 100 valence electrons. The van der Waals surface area contributed by atoms with Crippen LogP contribution < -0.4 is 5.32 Å². The molecular weight excluding hydrogens is 293 g/mol. The van der Waals surface area contributed by atoms with Gasteiger partial charge in [-0.25, -0.2) is 8.42 Å². The van der Waals surface area contributed by atoms with Crippen LogP contribution in [0.1, 0.15) is 19.3 Å². The summed E-state index contributed by atoms with van der Waals surface area (Å²) in [5.41, 5.74) is 0. The van der Waals surface area contributed by atoms with E-state index in [1.54, 1.807) is 0 Å². The minimum absolute atomic E-state index is 0.130. The van der Waals surface area contributed by atoms with E-state index in [-0.39, 0.29) is 15.7 Å². The molecule has 0 spiro atoms. The van der Waals surface area contributed by atoms with Gasteiger partial charge in [-0.2, -0.15) is 0 Å². The molecule has 0 unspecified atom stereocenters. The van der Waals surface area contributed by atoms with E-state index in [9.17, 15) is 8.42 Å². The van der Waals surface area contributed by atoms with Crippen LogP contribution in [0.2, 0.25) is 10.0 Å². The van der Waals surface area contributed by atoms with Gasteiger partial charge in [0, 0.05) is 6.04 Å². The topological polar surface area (TPSA) is 46.2 Å². The highest BCUT2D eigenvalue weighted by molar-refractivity contribution is 7.91. The third-order valence-electron chi connectivity index (χ3n) is 2.85. The van der Waals surface area contributed by atoms with Crippen LogP contribution in [0.15, 0.2) is 23.1 Å². The number of nitrogens with one attached hydrogen (secondary N) is 1. The first-order valence-electron chi connectivity index (χ1n) is 5.90. The fourth-order valence-electron chi connectivity index (χ4n) is 1.64. The molecule has 18 heavy (non-hydrogen) atoms. The molecule has 0 amide bonds. The maximum absolute atomic E-state index is 12.0. The fourth-order valence-corrected chi connectivity index (χ4v) is 3.34. The number of halogens is 2. The van der Waals surface area contributed by atoms with Gasteiger partial charge in [0.15, 0.2) is 9.84 Å². The first-order chi connectivity index (χ1) is 8.49. The Hall–Kier alpha value is -0.290. The van der Waals surface area contributed by atoms with Crippen LogP contribution in [0.5, 0.6) is 0 Å². The maximum atomic E-state index is 12.0. The Morgan fingerprint density at radius 3 is 2.56 bits per heavy atom. The molecule has 1 aromatic carbocycles. The Morgan fingerprint density at radius 2 is 1.94 bits per heavy atom. The van der Waals surface area contributed by atoms with Gasteiger partial charge in [-0.15, -0.1) is 0 Å². The standard InChI is InChI=1S/C12H15Cl2NO2S/c13-11-5-4-10(8-12(11)14)18(16,17)7-1-6-15-9-2-3-9/h4-5,8-9,15H,1-3,6-7H2. The fraction of sp³-hybridized carbons (Fsp3) is 0.500. The molecule has 0 aromatic heterocycles. The second kappa shape index (κ2) is 5.78. The summed E-state index contributed by atoms with van der Waals surface area (Å²) in [6.07, 6.45) is 3.03. The Balaban J connectivity index is 1.93. The van der Waals surface area contributed by atoms with Crippen LogP contribution in [0.3, 0.4) is 0 Å². The van der Waals surface area contributed by atoms with Gasteiger partial charge in [-0.05, 0) is 44.0 Å². The Kier molecular flexibility index (Phi) is 4.54. The number of hydrogen-bond acceptors (Lipinski definition) is 3. The van der Waals surface area contributed by atoms with Crippen molar-refractivity contribution < 1.29 is 8.42 Å². The SMILES string of the molecule is O=S(=O)(CCCNC1CC1)c1ccc(Cl)c(Cl)c1. The average Bonchev–Trinajstić information content (AvgIpc) is 3.12. The molecule has 1 fully saturated rings. The van der Waals surface area contributed by atoms with Gasteiger partial charge in [0.1, 0.15) is 0 Å². The molecule has 0 saturated heterocycles. The van der Waals surface area contributed by atoms with E-state index < -0.39 is 9.84 Å². The van der Waals surface area contributed by atoms with Crippen molar-refractivity contribution in [3.8, 4) is 0 Å². The zero-order chi connectivity index (χ0) is 13.2. The van der Waals surface area contributed by atoms with Gasteiger partial charge in [-0.3, -0.25) is 0 Å². The first kappa shape index (κ1) is 14.1. The molecule has 0 aliphatic heterocycles. The molecule has 6 heteroatoms. The first-order valence-corrected chi connectivity index (χ1v) is 8.31. The predicted molar refractivity (Wildman–Crippen MR) is 74.2 cm³/mol. The normalized spacial score (nSPS) is 15.9. The smallest absolute Gasteiger partial charge is 0.178 e. The largest absolute Gasteiger partial charge is 0.314 e. The average molecular weight is 308 g/mol. The molecule has 2 rings (SSSR count). The van der Waals surface area contributed by atoms with Crippen LogP contribution in [-0.4, -0.2) is 26.8 Å². The molecular formula is C12H15Cl2NO2S. The van der Waals surface area contributed by atoms with Crippen molar-refractivity contribution in [2.75, 3.05) is 12.3 Å². The molecule has 0 radical (unpaired) electrons. The van der Waals surface area contributed by atoms with Gasteiger partial charge in [0.25, 0.3) is 0 Å². The lowest BCUT2D eigenvalue weighted by molar-refractivity contribution is 0.588. The molecule has 0 heterocycles. The quantitative estimate of drug-likeness (QED) is 0.822. The van der Waals surface area contributed by atoms with E-state index in [2.05, 4.69) is 5.32 Å². The lowest BCUT2D eigenvalue weighted by Crippen LogP contribution is -2.20. The third-order valence-corrected chi connectivity index (χ3v) is 5.39. The van der Waals surface area contributed by atoms with Crippen molar-refractivity contribution in [1.82, 2.24) is 5.32 Å². The van der Waals surface area contributed by atoms with Gasteiger partial charge in [0.2, 0.25) is 0 Å². The molecule has 0 bridgehead atoms. The summed E-state index contributed by atoms with van der Waals surface area (Å²) in [5.74, 6) is 0.130. The van der Waals surface area contributed by atoms with Crippen molar-refractivity contribution >= 4 is 33.0 Å². The number of hydrogen-bond donors (Lipinski definition) is 1. The van der Waals surface area contributed by atoms with Crippen LogP contribution >= 0.6 is 23.2 Å². The van der Waals surface area contributed by atoms with E-state index in [1.807, 2.05) is 0 Å². The summed E-state index contributed by atoms with van der Waals surface area (Å²) in [7, 11) is -3.26. The van der Waals surface area contributed by atoms with E-state index >= 15 is 0 Å². The van der Waals surface area contributed by atoms with Crippen molar-refractivity contribution in [3.63, 3.8) is 0 Å². The zero-order valence-corrected chi connectivity index (χ0v) is 12.2. The zero-order valence-electron chi connectivity index (χ0n) is 9.83. The van der Waals surface area contributed by atoms with Crippen LogP contribution in [0.4, 0.5) is 0 Å². The number of rotatable bonds is 6. The van der Waals surface area contributed by atoms with Gasteiger partial charge in [0.05, 0.1) is 20.7 Å². The summed E-state index contributed by atoms with van der Waals surface area (Å²) < 4.78 is 24.1. The molecule has 1 aromatic rings. The van der Waals surface area contributed by atoms with Crippen LogP contribution in [-0.2, 0) is 9.84 Å². The van der Waals surface area contributed by atoms with Crippen molar-refractivity contribution in [3.05, 3.63) is 28.2 Å². The Bertz CT molecular complexity index is 527. The van der Waals surface area contributed by atoms with E-state index in [1.165, 1.54) is 31.0 Å². The van der Waals surface area contributed by atoms with Gasteiger partial charge in [-0.1, -0.05) is 23.2 Å². The molecule has 1 N–H and O–H groups in total. The summed E-state index contributed by atoms with van der Waals surface area (Å²) >= 11 is 11.6. The predicted octanol–water partition coefficient (Wildman–Crippen LogP) is 2.91. The maximum Gasteiger partial charge on any atom is 0.178 e. The highest BCUT2D eigenvalue weighted by atomic mass is 35.5. The summed E-state index contributed by atoms with van der Waals surface area (Å²) in [4.78, 5) is 0.239. The van der Waals surface area contributed by atoms with E-state index in [0.29, 0.717) is 17.5 Å². The van der Waals surface area contributed by atoms with Gasteiger partial charge < -0.3 is 5.32 Å². The summed E-state index contributed by atoms with van der Waals surface area (Å²) in [6.45, 7) is 0.741. The van der Waals surface area contributed by atoms with E-state index in [0.717, 1.165) is 6.54 Å². The molecule has 1 aliphatic carbocycles. The summed E-state index contributed by atoms with van der Waals surface area (Å²) in [5, 5.41) is 3.93. The van der Waals surface area contributed by atoms with E-state index in [4.69, 9.17) is 23.2 Å². The Morgan fingerprint density at radius 1 is 1.22 bits per heavy atom. The third kappa shape index (κ3) is 3.85. The second-order valence-electron chi connectivity index (χ2n) is 4.48. The molecule has 1 aliphatic rings. The number of sulfone groups is 1. The van der Waals surface area contributed by atoms with Crippen molar-refractivity contribution in [2.45, 2.75) is 30.2 Å². The second-order valence-corrected chi connectivity index (χ2v) is 7.40. The lowest BCUT2D eigenvalue weighted by Gasteiger charge is -2.06.